The van der Waals surface area contributed by atoms with Crippen molar-refractivity contribution < 1.29 is 17.9 Å². The molecule has 0 bridgehead atoms. The van der Waals surface area contributed by atoms with E-state index < -0.39 is 11.7 Å². The summed E-state index contributed by atoms with van der Waals surface area (Å²) >= 11 is 0. The molecule has 0 fully saturated rings. The van der Waals surface area contributed by atoms with Gasteiger partial charge in [0.05, 0.1) is 12.2 Å². The largest absolute Gasteiger partial charge is 0.493 e. The highest BCUT2D eigenvalue weighted by Crippen LogP contribution is 2.37. The normalized spacial score (nSPS) is 17.7. The molecule has 2 nitrogen and oxygen atoms in total. The summed E-state index contributed by atoms with van der Waals surface area (Å²) in [6, 6.07) is 10.9. The van der Waals surface area contributed by atoms with E-state index in [1.807, 2.05) is 18.2 Å². The highest BCUT2D eigenvalue weighted by molar-refractivity contribution is 5.67. The Balaban J connectivity index is 1.93. The van der Waals surface area contributed by atoms with E-state index >= 15 is 0 Å². The SMILES string of the molecule is NCC1CCOc2cc(-c3ccc(C(F)(F)F)cc3)ccc21. The third kappa shape index (κ3) is 2.81. The Labute approximate surface area is 126 Å². The van der Waals surface area contributed by atoms with E-state index in [1.54, 1.807) is 0 Å². The minimum absolute atomic E-state index is 0.283. The Bertz CT molecular complexity index is 665. The molecule has 0 spiro atoms. The number of alkyl halides is 3. The predicted octanol–water partition coefficient (Wildman–Crippen LogP) is 4.20. The molecule has 1 atom stereocenters. The quantitative estimate of drug-likeness (QED) is 0.902. The van der Waals surface area contributed by atoms with Crippen LogP contribution in [0.1, 0.15) is 23.5 Å². The van der Waals surface area contributed by atoms with Gasteiger partial charge in [0.2, 0.25) is 0 Å². The molecule has 0 saturated carbocycles. The molecular formula is C17H16F3NO. The fourth-order valence-electron chi connectivity index (χ4n) is 2.74. The van der Waals surface area contributed by atoms with Crippen molar-refractivity contribution in [3.8, 4) is 16.9 Å². The van der Waals surface area contributed by atoms with Crippen molar-refractivity contribution in [2.24, 2.45) is 5.73 Å². The van der Waals surface area contributed by atoms with Crippen LogP contribution in [-0.4, -0.2) is 13.2 Å². The lowest BCUT2D eigenvalue weighted by molar-refractivity contribution is -0.137. The zero-order valence-corrected chi connectivity index (χ0v) is 11.9. The summed E-state index contributed by atoms with van der Waals surface area (Å²) in [6.45, 7) is 1.18. The first-order valence-electron chi connectivity index (χ1n) is 7.13. The van der Waals surface area contributed by atoms with Gasteiger partial charge in [-0.1, -0.05) is 24.3 Å². The van der Waals surface area contributed by atoms with Gasteiger partial charge in [-0.2, -0.15) is 13.2 Å². The van der Waals surface area contributed by atoms with Crippen molar-refractivity contribution in [1.29, 1.82) is 0 Å². The van der Waals surface area contributed by atoms with Crippen molar-refractivity contribution in [1.82, 2.24) is 0 Å². The molecule has 2 aromatic rings. The second kappa shape index (κ2) is 5.65. The summed E-state index contributed by atoms with van der Waals surface area (Å²) < 4.78 is 43.5. The summed E-state index contributed by atoms with van der Waals surface area (Å²) in [5.41, 5.74) is 7.76. The van der Waals surface area contributed by atoms with Crippen LogP contribution in [0, 0.1) is 0 Å². The van der Waals surface area contributed by atoms with Gasteiger partial charge in [0, 0.05) is 5.92 Å². The molecule has 2 N–H and O–H groups in total. The van der Waals surface area contributed by atoms with Crippen LogP contribution in [0.2, 0.25) is 0 Å². The fraction of sp³-hybridized carbons (Fsp3) is 0.294. The molecule has 3 rings (SSSR count). The number of halogens is 3. The molecule has 1 aliphatic heterocycles. The van der Waals surface area contributed by atoms with Crippen LogP contribution >= 0.6 is 0 Å². The third-order valence-corrected chi connectivity index (χ3v) is 4.01. The van der Waals surface area contributed by atoms with Crippen LogP contribution in [0.15, 0.2) is 42.5 Å². The molecule has 5 heteroatoms. The molecule has 1 aliphatic rings. The van der Waals surface area contributed by atoms with Gasteiger partial charge in [-0.05, 0) is 47.9 Å². The molecule has 0 amide bonds. The zero-order valence-electron chi connectivity index (χ0n) is 11.9. The fourth-order valence-corrected chi connectivity index (χ4v) is 2.74. The topological polar surface area (TPSA) is 35.2 Å². The van der Waals surface area contributed by atoms with Crippen LogP contribution in [-0.2, 0) is 6.18 Å². The van der Waals surface area contributed by atoms with E-state index in [0.29, 0.717) is 13.2 Å². The highest BCUT2D eigenvalue weighted by atomic mass is 19.4. The first-order chi connectivity index (χ1) is 10.5. The van der Waals surface area contributed by atoms with Gasteiger partial charge in [-0.3, -0.25) is 0 Å². The lowest BCUT2D eigenvalue weighted by atomic mass is 9.91. The molecule has 1 heterocycles. The van der Waals surface area contributed by atoms with Crippen molar-refractivity contribution >= 4 is 0 Å². The molecule has 116 valence electrons. The number of hydrogen-bond donors (Lipinski definition) is 1. The number of rotatable bonds is 2. The van der Waals surface area contributed by atoms with Crippen LogP contribution in [0.4, 0.5) is 13.2 Å². The first-order valence-corrected chi connectivity index (χ1v) is 7.13. The van der Waals surface area contributed by atoms with Crippen molar-refractivity contribution in [2.75, 3.05) is 13.2 Å². The van der Waals surface area contributed by atoms with Gasteiger partial charge >= 0.3 is 6.18 Å². The Kier molecular flexibility index (Phi) is 3.83. The van der Waals surface area contributed by atoms with Crippen LogP contribution in [0.3, 0.4) is 0 Å². The molecule has 1 unspecified atom stereocenters. The van der Waals surface area contributed by atoms with E-state index in [9.17, 15) is 13.2 Å². The van der Waals surface area contributed by atoms with Gasteiger partial charge in [-0.25, -0.2) is 0 Å². The summed E-state index contributed by atoms with van der Waals surface area (Å²) in [4.78, 5) is 0. The number of nitrogens with two attached hydrogens (primary N) is 1. The molecule has 22 heavy (non-hydrogen) atoms. The second-order valence-corrected chi connectivity index (χ2v) is 5.40. The maximum absolute atomic E-state index is 12.6. The Hall–Kier alpha value is -2.01. The second-order valence-electron chi connectivity index (χ2n) is 5.40. The third-order valence-electron chi connectivity index (χ3n) is 4.01. The van der Waals surface area contributed by atoms with E-state index in [0.717, 1.165) is 41.0 Å². The maximum atomic E-state index is 12.6. The predicted molar refractivity (Wildman–Crippen MR) is 78.8 cm³/mol. The van der Waals surface area contributed by atoms with E-state index in [1.165, 1.54) is 12.1 Å². The zero-order chi connectivity index (χ0) is 15.7. The van der Waals surface area contributed by atoms with Gasteiger partial charge in [0.15, 0.2) is 0 Å². The molecular weight excluding hydrogens is 291 g/mol. The summed E-state index contributed by atoms with van der Waals surface area (Å²) in [5, 5.41) is 0. The standard InChI is InChI=1S/C17H16F3NO/c18-17(19,20)14-4-1-11(2-5-14)12-3-6-15-13(10-21)7-8-22-16(15)9-12/h1-6,9,13H,7-8,10,21H2. The van der Waals surface area contributed by atoms with Crippen molar-refractivity contribution in [2.45, 2.75) is 18.5 Å². The Morgan fingerprint density at radius 1 is 1.05 bits per heavy atom. The smallest absolute Gasteiger partial charge is 0.416 e. The van der Waals surface area contributed by atoms with Crippen LogP contribution in [0.25, 0.3) is 11.1 Å². The van der Waals surface area contributed by atoms with Crippen LogP contribution < -0.4 is 10.5 Å². The van der Waals surface area contributed by atoms with Crippen molar-refractivity contribution in [3.63, 3.8) is 0 Å². The maximum Gasteiger partial charge on any atom is 0.416 e. The number of benzene rings is 2. The summed E-state index contributed by atoms with van der Waals surface area (Å²) in [5.74, 6) is 1.06. The average Bonchev–Trinajstić information content (AvgIpc) is 2.53. The minimum atomic E-state index is -4.31. The summed E-state index contributed by atoms with van der Waals surface area (Å²) in [7, 11) is 0. The van der Waals surface area contributed by atoms with E-state index in [4.69, 9.17) is 10.5 Å². The molecule has 2 aromatic carbocycles. The molecule has 0 aliphatic carbocycles. The lowest BCUT2D eigenvalue weighted by Gasteiger charge is -2.25. The summed E-state index contributed by atoms with van der Waals surface area (Å²) in [6.07, 6.45) is -3.42. The molecule has 0 saturated heterocycles. The van der Waals surface area contributed by atoms with Gasteiger partial charge in [0.1, 0.15) is 5.75 Å². The number of fused-ring (bicyclic) bond motifs is 1. The number of ether oxygens (including phenoxy) is 1. The Morgan fingerprint density at radius 2 is 1.73 bits per heavy atom. The number of hydrogen-bond acceptors (Lipinski definition) is 2. The van der Waals surface area contributed by atoms with Gasteiger partial charge < -0.3 is 10.5 Å². The molecule has 0 radical (unpaired) electrons. The van der Waals surface area contributed by atoms with Crippen LogP contribution in [0.5, 0.6) is 5.75 Å². The van der Waals surface area contributed by atoms with Gasteiger partial charge in [-0.15, -0.1) is 0 Å². The first kappa shape index (κ1) is 14.9. The average molecular weight is 307 g/mol. The monoisotopic (exact) mass is 307 g/mol. The van der Waals surface area contributed by atoms with E-state index in [2.05, 4.69) is 0 Å². The van der Waals surface area contributed by atoms with E-state index in [-0.39, 0.29) is 5.92 Å². The highest BCUT2D eigenvalue weighted by Gasteiger charge is 2.30. The Morgan fingerprint density at radius 3 is 2.36 bits per heavy atom. The van der Waals surface area contributed by atoms with Crippen molar-refractivity contribution in [3.05, 3.63) is 53.6 Å². The lowest BCUT2D eigenvalue weighted by Crippen LogP contribution is -2.20. The minimum Gasteiger partial charge on any atom is -0.493 e. The van der Waals surface area contributed by atoms with Gasteiger partial charge in [0.25, 0.3) is 0 Å². The molecule has 0 aromatic heterocycles.